The van der Waals surface area contributed by atoms with Gasteiger partial charge in [-0.05, 0) is 0 Å². The molecule has 1 unspecified atom stereocenters. The number of carboxylic acids is 1. The molecule has 9 nitrogen and oxygen atoms in total. The van der Waals surface area contributed by atoms with E-state index in [0.29, 0.717) is 0 Å². The Morgan fingerprint density at radius 3 is 2.50 bits per heavy atom. The lowest BCUT2D eigenvalue weighted by molar-refractivity contribution is -0.146. The lowest BCUT2D eigenvalue weighted by Gasteiger charge is -2.14. The van der Waals surface area contributed by atoms with Gasteiger partial charge in [-0.3, -0.25) is 14.5 Å². The number of aliphatic hydroxyl groups is 1. The molecule has 3 N–H and O–H groups in total. The van der Waals surface area contributed by atoms with Crippen molar-refractivity contribution >= 4 is 23.8 Å². The van der Waals surface area contributed by atoms with Crippen LogP contribution in [0, 0.1) is 0 Å². The lowest BCUT2D eigenvalue weighted by Crippen LogP contribution is -2.44. The predicted molar refractivity (Wildman–Crippen MR) is 56.4 cm³/mol. The van der Waals surface area contributed by atoms with Crippen molar-refractivity contribution in [1.29, 1.82) is 0 Å². The number of nitrogens with zero attached hydrogens (tertiary/aromatic N) is 2. The highest BCUT2D eigenvalue weighted by atomic mass is 16.4. The van der Waals surface area contributed by atoms with Crippen LogP contribution in [-0.2, 0) is 14.4 Å². The fraction of sp³-hybridized carbons (Fsp3) is 0.556. The molecule has 0 aliphatic carbocycles. The van der Waals surface area contributed by atoms with E-state index in [-0.39, 0.29) is 6.54 Å². The van der Waals surface area contributed by atoms with Gasteiger partial charge in [0.2, 0.25) is 5.91 Å². The SMILES string of the molecule is CN1CC(=O)N(CC(=O)NCC(O)C(=O)O)C1=O. The molecule has 18 heavy (non-hydrogen) atoms. The number of carboxylic acid groups (broad SMARTS) is 1. The third-order valence-corrected chi connectivity index (χ3v) is 2.31. The molecule has 0 bridgehead atoms. The summed E-state index contributed by atoms with van der Waals surface area (Å²) in [6, 6.07) is -0.589. The van der Waals surface area contributed by atoms with Gasteiger partial charge in [-0.2, -0.15) is 0 Å². The number of carbonyl (C=O) groups excluding carboxylic acids is 3. The molecule has 1 heterocycles. The molecular weight excluding hydrogens is 246 g/mol. The lowest BCUT2D eigenvalue weighted by atomic mass is 10.3. The number of imide groups is 1. The van der Waals surface area contributed by atoms with Crippen LogP contribution in [0.2, 0.25) is 0 Å². The summed E-state index contributed by atoms with van der Waals surface area (Å²) >= 11 is 0. The van der Waals surface area contributed by atoms with Crippen molar-refractivity contribution in [2.75, 3.05) is 26.7 Å². The number of carbonyl (C=O) groups is 4. The van der Waals surface area contributed by atoms with Gasteiger partial charge in [0.05, 0.1) is 6.54 Å². The van der Waals surface area contributed by atoms with Crippen LogP contribution in [0.1, 0.15) is 0 Å². The summed E-state index contributed by atoms with van der Waals surface area (Å²) in [5, 5.41) is 19.4. The van der Waals surface area contributed by atoms with Crippen molar-refractivity contribution in [1.82, 2.24) is 15.1 Å². The molecule has 100 valence electrons. The number of aliphatic carboxylic acids is 1. The van der Waals surface area contributed by atoms with E-state index in [9.17, 15) is 19.2 Å². The number of aliphatic hydroxyl groups excluding tert-OH is 1. The van der Waals surface area contributed by atoms with Gasteiger partial charge in [0, 0.05) is 7.05 Å². The maximum atomic E-state index is 11.4. The van der Waals surface area contributed by atoms with Crippen molar-refractivity contribution < 1.29 is 29.4 Å². The normalized spacial score (nSPS) is 17.0. The van der Waals surface area contributed by atoms with Crippen LogP contribution in [0.5, 0.6) is 0 Å². The maximum Gasteiger partial charge on any atom is 0.334 e. The van der Waals surface area contributed by atoms with Crippen LogP contribution >= 0.6 is 0 Å². The highest BCUT2D eigenvalue weighted by molar-refractivity contribution is 6.04. The number of nitrogens with one attached hydrogen (secondary N) is 1. The first kappa shape index (κ1) is 13.9. The summed E-state index contributed by atoms with van der Waals surface area (Å²) in [7, 11) is 1.42. The quantitative estimate of drug-likeness (QED) is 0.466. The Balaban J connectivity index is 2.43. The molecule has 4 amide bonds. The van der Waals surface area contributed by atoms with Crippen LogP contribution in [-0.4, -0.2) is 76.6 Å². The summed E-state index contributed by atoms with van der Waals surface area (Å²) in [4.78, 5) is 46.2. The first-order valence-corrected chi connectivity index (χ1v) is 5.06. The minimum Gasteiger partial charge on any atom is -0.479 e. The zero-order valence-corrected chi connectivity index (χ0v) is 9.62. The molecule has 0 aromatic rings. The maximum absolute atomic E-state index is 11.4. The second kappa shape index (κ2) is 5.45. The highest BCUT2D eigenvalue weighted by Gasteiger charge is 2.34. The molecule has 9 heteroatoms. The van der Waals surface area contributed by atoms with Gasteiger partial charge in [0.25, 0.3) is 5.91 Å². The van der Waals surface area contributed by atoms with Gasteiger partial charge >= 0.3 is 12.0 Å². The van der Waals surface area contributed by atoms with Crippen molar-refractivity contribution in [2.24, 2.45) is 0 Å². The van der Waals surface area contributed by atoms with E-state index < -0.39 is 43.0 Å². The summed E-state index contributed by atoms with van der Waals surface area (Å²) < 4.78 is 0. The van der Waals surface area contributed by atoms with Crippen LogP contribution in [0.3, 0.4) is 0 Å². The molecule has 1 rings (SSSR count). The smallest absolute Gasteiger partial charge is 0.334 e. The van der Waals surface area contributed by atoms with Crippen molar-refractivity contribution in [2.45, 2.75) is 6.10 Å². The Morgan fingerprint density at radius 2 is 2.06 bits per heavy atom. The molecule has 1 fully saturated rings. The average molecular weight is 259 g/mol. The minimum absolute atomic E-state index is 0.0934. The molecular formula is C9H13N3O6. The van der Waals surface area contributed by atoms with Crippen LogP contribution in [0.15, 0.2) is 0 Å². The number of rotatable bonds is 5. The molecule has 1 saturated heterocycles. The van der Waals surface area contributed by atoms with E-state index in [0.717, 1.165) is 9.80 Å². The van der Waals surface area contributed by atoms with Crippen LogP contribution in [0.4, 0.5) is 4.79 Å². The topological polar surface area (TPSA) is 127 Å². The number of urea groups is 1. The number of hydrogen-bond acceptors (Lipinski definition) is 5. The van der Waals surface area contributed by atoms with Crippen LogP contribution < -0.4 is 5.32 Å². The van der Waals surface area contributed by atoms with Gasteiger partial charge in [0.1, 0.15) is 13.1 Å². The molecule has 1 atom stereocenters. The van der Waals surface area contributed by atoms with E-state index in [1.165, 1.54) is 7.05 Å². The largest absolute Gasteiger partial charge is 0.479 e. The fourth-order valence-corrected chi connectivity index (χ4v) is 1.32. The second-order valence-electron chi connectivity index (χ2n) is 3.78. The van der Waals surface area contributed by atoms with E-state index in [1.54, 1.807) is 0 Å². The Labute approximate surface area is 102 Å². The first-order valence-electron chi connectivity index (χ1n) is 5.06. The molecule has 0 aromatic heterocycles. The van der Waals surface area contributed by atoms with Gasteiger partial charge in [0.15, 0.2) is 6.10 Å². The summed E-state index contributed by atoms with van der Waals surface area (Å²) in [6.45, 7) is -1.07. The van der Waals surface area contributed by atoms with Crippen LogP contribution in [0.25, 0.3) is 0 Å². The van der Waals surface area contributed by atoms with Gasteiger partial charge in [-0.1, -0.05) is 0 Å². The number of amides is 4. The Kier molecular flexibility index (Phi) is 4.21. The highest BCUT2D eigenvalue weighted by Crippen LogP contribution is 2.06. The van der Waals surface area contributed by atoms with E-state index in [2.05, 4.69) is 5.32 Å². The third kappa shape index (κ3) is 3.17. The van der Waals surface area contributed by atoms with E-state index >= 15 is 0 Å². The standard InChI is InChI=1S/C9H13N3O6/c1-11-4-7(15)12(9(11)18)3-6(14)10-2-5(13)8(16)17/h5,13H,2-4H2,1H3,(H,10,14)(H,16,17). The second-order valence-corrected chi connectivity index (χ2v) is 3.78. The van der Waals surface area contributed by atoms with Gasteiger partial charge in [-0.15, -0.1) is 0 Å². The molecule has 1 aliphatic heterocycles. The third-order valence-electron chi connectivity index (χ3n) is 2.31. The van der Waals surface area contributed by atoms with Crippen molar-refractivity contribution in [3.63, 3.8) is 0 Å². The molecule has 0 saturated carbocycles. The Morgan fingerprint density at radius 1 is 1.44 bits per heavy atom. The summed E-state index contributed by atoms with van der Waals surface area (Å²) in [6.07, 6.45) is -1.72. The first-order chi connectivity index (χ1) is 8.32. The van der Waals surface area contributed by atoms with E-state index in [1.807, 2.05) is 0 Å². The Bertz CT molecular complexity index is 396. The van der Waals surface area contributed by atoms with Gasteiger partial charge in [-0.25, -0.2) is 9.59 Å². The fourth-order valence-electron chi connectivity index (χ4n) is 1.32. The minimum atomic E-state index is -1.72. The number of likely N-dealkylation sites (N-methyl/N-ethyl adjacent to an activating group) is 1. The number of hydrogen-bond donors (Lipinski definition) is 3. The molecule has 1 aliphatic rings. The monoisotopic (exact) mass is 259 g/mol. The van der Waals surface area contributed by atoms with E-state index in [4.69, 9.17) is 10.2 Å². The van der Waals surface area contributed by atoms with Crippen molar-refractivity contribution in [3.8, 4) is 0 Å². The summed E-state index contributed by atoms with van der Waals surface area (Å²) in [5.41, 5.74) is 0. The molecule has 0 radical (unpaired) electrons. The summed E-state index contributed by atoms with van der Waals surface area (Å²) in [5.74, 6) is -2.69. The average Bonchev–Trinajstić information content (AvgIpc) is 2.52. The molecule has 0 spiro atoms. The zero-order chi connectivity index (χ0) is 13.9. The Hall–Kier alpha value is -2.16. The zero-order valence-electron chi connectivity index (χ0n) is 9.62. The molecule has 0 aromatic carbocycles. The van der Waals surface area contributed by atoms with Crippen molar-refractivity contribution in [3.05, 3.63) is 0 Å². The van der Waals surface area contributed by atoms with Gasteiger partial charge < -0.3 is 20.4 Å². The predicted octanol–water partition coefficient (Wildman–Crippen LogP) is -2.56.